The summed E-state index contributed by atoms with van der Waals surface area (Å²) in [4.78, 5) is 28.0. The molecule has 0 saturated carbocycles. The van der Waals surface area contributed by atoms with E-state index in [1.54, 1.807) is 7.05 Å². The molecule has 0 bridgehead atoms. The van der Waals surface area contributed by atoms with Gasteiger partial charge in [-0.3, -0.25) is 4.79 Å². The minimum absolute atomic E-state index is 0.00951. The van der Waals surface area contributed by atoms with Gasteiger partial charge in [-0.2, -0.15) is 26.3 Å². The molecule has 5 nitrogen and oxygen atoms in total. The molecular weight excluding hydrogens is 478 g/mol. The van der Waals surface area contributed by atoms with E-state index in [1.165, 1.54) is 9.80 Å². The van der Waals surface area contributed by atoms with Crippen LogP contribution in [0.1, 0.15) is 45.8 Å². The molecule has 4 rings (SSSR count). The molecule has 1 spiro atoms. The van der Waals surface area contributed by atoms with Gasteiger partial charge in [0.25, 0.3) is 5.91 Å². The number of benzene rings is 2. The van der Waals surface area contributed by atoms with Crippen molar-refractivity contribution in [1.29, 1.82) is 0 Å². The van der Waals surface area contributed by atoms with Gasteiger partial charge >= 0.3 is 18.4 Å². The lowest BCUT2D eigenvalue weighted by Gasteiger charge is -2.50. The monoisotopic (exact) mass is 500 g/mol. The number of amides is 2. The fraction of sp³-hybridized carbons (Fsp3) is 0.417. The Morgan fingerprint density at radius 3 is 2.00 bits per heavy atom. The third-order valence-corrected chi connectivity index (χ3v) is 6.63. The third-order valence-electron chi connectivity index (χ3n) is 6.63. The van der Waals surface area contributed by atoms with Gasteiger partial charge in [0.05, 0.1) is 11.1 Å². The van der Waals surface area contributed by atoms with E-state index >= 15 is 0 Å². The second kappa shape index (κ2) is 8.76. The number of carbonyl (C=O) groups is 2. The van der Waals surface area contributed by atoms with Gasteiger partial charge in [0, 0.05) is 51.0 Å². The zero-order chi connectivity index (χ0) is 25.6. The van der Waals surface area contributed by atoms with Crippen molar-refractivity contribution >= 4 is 12.0 Å². The van der Waals surface area contributed by atoms with Gasteiger partial charge in [-0.25, -0.2) is 4.79 Å². The topological polar surface area (TPSA) is 49.9 Å². The number of rotatable bonds is 2. The zero-order valence-corrected chi connectivity index (χ0v) is 18.6. The minimum atomic E-state index is -5.05. The smallest absolute Gasteiger partial charge is 0.416 e. The molecule has 0 N–H and O–H groups in total. The number of halogens is 6. The first-order valence-corrected chi connectivity index (χ1v) is 10.9. The summed E-state index contributed by atoms with van der Waals surface area (Å²) < 4.78 is 85.1. The predicted molar refractivity (Wildman–Crippen MR) is 113 cm³/mol. The highest BCUT2D eigenvalue weighted by atomic mass is 19.4. The van der Waals surface area contributed by atoms with Crippen LogP contribution in [0.4, 0.5) is 31.1 Å². The number of hydrogen-bond donors (Lipinski definition) is 0. The molecule has 2 saturated heterocycles. The Balaban J connectivity index is 1.59. The lowest BCUT2D eigenvalue weighted by atomic mass is 9.74. The number of likely N-dealkylation sites (N-methyl/N-ethyl adjacent to an activating group) is 1. The molecule has 1 atom stereocenters. The third kappa shape index (κ3) is 4.94. The molecule has 2 heterocycles. The summed E-state index contributed by atoms with van der Waals surface area (Å²) in [6.45, 7) is 0.396. The van der Waals surface area contributed by atoms with Crippen LogP contribution >= 0.6 is 0 Å². The van der Waals surface area contributed by atoms with E-state index in [2.05, 4.69) is 0 Å². The highest BCUT2D eigenvalue weighted by Gasteiger charge is 2.50. The molecule has 0 radical (unpaired) electrons. The van der Waals surface area contributed by atoms with Crippen LogP contribution in [-0.4, -0.2) is 54.1 Å². The summed E-state index contributed by atoms with van der Waals surface area (Å²) in [5.41, 5.74) is -3.79. The van der Waals surface area contributed by atoms with Crippen LogP contribution in [0.15, 0.2) is 48.5 Å². The van der Waals surface area contributed by atoms with Crippen molar-refractivity contribution < 1.29 is 40.7 Å². The molecule has 1 unspecified atom stereocenters. The molecule has 0 aliphatic carbocycles. The van der Waals surface area contributed by atoms with E-state index in [4.69, 9.17) is 4.74 Å². The van der Waals surface area contributed by atoms with Crippen molar-refractivity contribution in [1.82, 2.24) is 9.80 Å². The van der Waals surface area contributed by atoms with Crippen molar-refractivity contribution in [2.24, 2.45) is 0 Å². The van der Waals surface area contributed by atoms with E-state index in [-0.39, 0.29) is 37.9 Å². The van der Waals surface area contributed by atoms with Gasteiger partial charge < -0.3 is 14.5 Å². The Kier molecular flexibility index (Phi) is 6.23. The van der Waals surface area contributed by atoms with E-state index in [9.17, 15) is 35.9 Å². The first-order chi connectivity index (χ1) is 16.3. The minimum Gasteiger partial charge on any atom is -0.442 e. The fourth-order valence-corrected chi connectivity index (χ4v) is 4.73. The van der Waals surface area contributed by atoms with Crippen LogP contribution in [0.5, 0.6) is 0 Å². The van der Waals surface area contributed by atoms with E-state index in [0.29, 0.717) is 18.7 Å². The maximum atomic E-state index is 13.2. The van der Waals surface area contributed by atoms with Gasteiger partial charge in [-0.1, -0.05) is 30.3 Å². The first kappa shape index (κ1) is 24.9. The van der Waals surface area contributed by atoms with E-state index in [0.717, 1.165) is 5.56 Å². The summed E-state index contributed by atoms with van der Waals surface area (Å²) in [7, 11) is 1.61. The van der Waals surface area contributed by atoms with Crippen molar-refractivity contribution in [2.75, 3.05) is 26.7 Å². The largest absolute Gasteiger partial charge is 0.442 e. The summed E-state index contributed by atoms with van der Waals surface area (Å²) in [5.74, 6) is -1.15. The van der Waals surface area contributed by atoms with Gasteiger partial charge in [0.1, 0.15) is 5.60 Å². The number of alkyl halides is 6. The lowest BCUT2D eigenvalue weighted by molar-refractivity contribution is -0.143. The van der Waals surface area contributed by atoms with E-state index < -0.39 is 46.6 Å². The fourth-order valence-electron chi connectivity index (χ4n) is 4.73. The summed E-state index contributed by atoms with van der Waals surface area (Å²) >= 11 is 0. The molecule has 2 aromatic rings. The van der Waals surface area contributed by atoms with Crippen molar-refractivity contribution in [3.63, 3.8) is 0 Å². The molecular formula is C24H22F6N2O3. The predicted octanol–water partition coefficient (Wildman–Crippen LogP) is 5.56. The number of carbonyl (C=O) groups excluding carboxylic acids is 2. The van der Waals surface area contributed by atoms with Crippen LogP contribution in [0.2, 0.25) is 0 Å². The Hall–Kier alpha value is -3.24. The maximum Gasteiger partial charge on any atom is 0.416 e. The van der Waals surface area contributed by atoms with Crippen LogP contribution in [0, 0.1) is 0 Å². The average Bonchev–Trinajstić information content (AvgIpc) is 2.81. The quantitative estimate of drug-likeness (QED) is 0.507. The Labute approximate surface area is 197 Å². The summed E-state index contributed by atoms with van der Waals surface area (Å²) in [6.07, 6.45) is -10.2. The second-order valence-electron chi connectivity index (χ2n) is 8.86. The van der Waals surface area contributed by atoms with Crippen molar-refractivity contribution in [3.8, 4) is 0 Å². The SMILES string of the molecule is CN1CC(c2ccccc2)C2(CCN(C(=O)c3cc(C(F)(F)F)cc(C(F)(F)F)c3)CC2)OC1=O. The van der Waals surface area contributed by atoms with E-state index in [1.807, 2.05) is 30.3 Å². The van der Waals surface area contributed by atoms with Crippen molar-refractivity contribution in [2.45, 2.75) is 36.7 Å². The molecule has 35 heavy (non-hydrogen) atoms. The molecule has 0 aromatic heterocycles. The maximum absolute atomic E-state index is 13.2. The highest BCUT2D eigenvalue weighted by molar-refractivity contribution is 5.94. The first-order valence-electron chi connectivity index (χ1n) is 10.9. The Morgan fingerprint density at radius 2 is 1.49 bits per heavy atom. The molecule has 188 valence electrons. The average molecular weight is 500 g/mol. The zero-order valence-electron chi connectivity index (χ0n) is 18.6. The molecule has 2 aliphatic heterocycles. The standard InChI is InChI=1S/C24H22F6N2O3/c1-31-14-19(15-5-3-2-4-6-15)22(35-21(31)34)7-9-32(10-8-22)20(33)16-11-17(23(25,26)27)13-18(12-16)24(28,29)30/h2-6,11-13,19H,7-10,14H2,1H3. The summed E-state index contributed by atoms with van der Waals surface area (Å²) in [5, 5.41) is 0. The van der Waals surface area contributed by atoms with Gasteiger partial charge in [0.2, 0.25) is 0 Å². The van der Waals surface area contributed by atoms with Gasteiger partial charge in [0.15, 0.2) is 0 Å². The van der Waals surface area contributed by atoms with Crippen molar-refractivity contribution in [3.05, 3.63) is 70.8 Å². The molecule has 2 amide bonds. The summed E-state index contributed by atoms with van der Waals surface area (Å²) in [6, 6.07) is 10.2. The van der Waals surface area contributed by atoms with Gasteiger partial charge in [-0.05, 0) is 23.8 Å². The molecule has 2 aliphatic rings. The van der Waals surface area contributed by atoms with Crippen LogP contribution in [-0.2, 0) is 17.1 Å². The van der Waals surface area contributed by atoms with Crippen LogP contribution in [0.3, 0.4) is 0 Å². The number of hydrogen-bond acceptors (Lipinski definition) is 3. The van der Waals surface area contributed by atoms with Crippen LogP contribution < -0.4 is 0 Å². The molecule has 2 aromatic carbocycles. The Bertz CT molecular complexity index is 1080. The highest BCUT2D eigenvalue weighted by Crippen LogP contribution is 2.44. The second-order valence-corrected chi connectivity index (χ2v) is 8.86. The van der Waals surface area contributed by atoms with Gasteiger partial charge in [-0.15, -0.1) is 0 Å². The number of ether oxygens (including phenoxy) is 1. The number of piperidine rings is 1. The Morgan fingerprint density at radius 1 is 0.943 bits per heavy atom. The normalized spacial score (nSPS) is 20.7. The number of nitrogens with zero attached hydrogens (tertiary/aromatic N) is 2. The number of likely N-dealkylation sites (tertiary alicyclic amines) is 1. The lowest BCUT2D eigenvalue weighted by Crippen LogP contribution is -2.58. The molecule has 11 heteroatoms. The molecule has 2 fully saturated rings. The van der Waals surface area contributed by atoms with Crippen LogP contribution in [0.25, 0.3) is 0 Å².